The highest BCUT2D eigenvalue weighted by Gasteiger charge is 2.50. The first-order valence-electron chi connectivity index (χ1n) is 8.39. The predicted octanol–water partition coefficient (Wildman–Crippen LogP) is 4.52. The molecule has 0 amide bonds. The van der Waals surface area contributed by atoms with E-state index in [9.17, 15) is 4.79 Å². The summed E-state index contributed by atoms with van der Waals surface area (Å²) in [5.74, 6) is 3.86. The zero-order valence-electron chi connectivity index (χ0n) is 12.2. The van der Waals surface area contributed by atoms with Gasteiger partial charge < -0.3 is 0 Å². The fourth-order valence-electron chi connectivity index (χ4n) is 5.95. The lowest BCUT2D eigenvalue weighted by Gasteiger charge is -2.50. The van der Waals surface area contributed by atoms with Crippen molar-refractivity contribution >= 4 is 5.78 Å². The van der Waals surface area contributed by atoms with Crippen LogP contribution < -0.4 is 0 Å². The largest absolute Gasteiger partial charge is 0.300 e. The van der Waals surface area contributed by atoms with Crippen LogP contribution in [0.5, 0.6) is 0 Å². The highest BCUT2D eigenvalue weighted by molar-refractivity contribution is 5.79. The number of carbonyl (C=O) groups is 1. The Morgan fingerprint density at radius 1 is 1.16 bits per heavy atom. The van der Waals surface area contributed by atoms with Gasteiger partial charge in [0.25, 0.3) is 0 Å². The highest BCUT2D eigenvalue weighted by atomic mass is 16.1. The highest BCUT2D eigenvalue weighted by Crippen LogP contribution is 2.59. The molecule has 0 N–H and O–H groups in total. The molecule has 104 valence electrons. The Kier molecular flexibility index (Phi) is 2.69. The smallest absolute Gasteiger partial charge is 0.133 e. The van der Waals surface area contributed by atoms with E-state index in [2.05, 4.69) is 13.0 Å². The summed E-state index contributed by atoms with van der Waals surface area (Å²) < 4.78 is 0. The summed E-state index contributed by atoms with van der Waals surface area (Å²) in [7, 11) is 0. The average molecular weight is 258 g/mol. The third-order valence-electron chi connectivity index (χ3n) is 6.95. The van der Waals surface area contributed by atoms with Crippen molar-refractivity contribution in [1.82, 2.24) is 0 Å². The summed E-state index contributed by atoms with van der Waals surface area (Å²) in [6.07, 6.45) is 13.9. The maximum Gasteiger partial charge on any atom is 0.133 e. The van der Waals surface area contributed by atoms with E-state index < -0.39 is 0 Å². The van der Waals surface area contributed by atoms with Gasteiger partial charge in [-0.3, -0.25) is 4.79 Å². The number of Topliss-reactive ketones (excluding diaryl/α,β-unsaturated/α-hetero) is 1. The molecule has 4 aliphatic carbocycles. The minimum Gasteiger partial charge on any atom is -0.300 e. The summed E-state index contributed by atoms with van der Waals surface area (Å²) in [5, 5.41) is 0. The van der Waals surface area contributed by atoms with Crippen LogP contribution in [0.25, 0.3) is 0 Å². The molecule has 0 aromatic carbocycles. The zero-order chi connectivity index (χ0) is 13.0. The molecule has 0 saturated heterocycles. The van der Waals surface area contributed by atoms with Crippen LogP contribution in [-0.2, 0) is 4.79 Å². The third-order valence-corrected chi connectivity index (χ3v) is 6.95. The van der Waals surface area contributed by atoms with Crippen LogP contribution in [0.15, 0.2) is 11.6 Å². The number of ketones is 1. The molecule has 4 rings (SSSR count). The first-order chi connectivity index (χ1) is 9.17. The molecule has 1 unspecified atom stereocenters. The zero-order valence-corrected chi connectivity index (χ0v) is 12.2. The molecule has 5 atom stereocenters. The van der Waals surface area contributed by atoms with Gasteiger partial charge in [-0.2, -0.15) is 0 Å². The Bertz CT molecular complexity index is 435. The van der Waals surface area contributed by atoms with E-state index >= 15 is 0 Å². The second kappa shape index (κ2) is 4.20. The molecule has 0 radical (unpaired) electrons. The number of rotatable bonds is 0. The van der Waals surface area contributed by atoms with Gasteiger partial charge in [0.05, 0.1) is 0 Å². The topological polar surface area (TPSA) is 17.1 Å². The van der Waals surface area contributed by atoms with E-state index in [-0.39, 0.29) is 0 Å². The molecular weight excluding hydrogens is 232 g/mol. The van der Waals surface area contributed by atoms with Crippen LogP contribution in [0.1, 0.15) is 64.7 Å². The Morgan fingerprint density at radius 2 is 2.05 bits per heavy atom. The van der Waals surface area contributed by atoms with Crippen LogP contribution in [0.3, 0.4) is 0 Å². The Balaban J connectivity index is 1.64. The molecule has 19 heavy (non-hydrogen) atoms. The van der Waals surface area contributed by atoms with Gasteiger partial charge in [0.15, 0.2) is 0 Å². The van der Waals surface area contributed by atoms with Crippen molar-refractivity contribution in [2.24, 2.45) is 29.1 Å². The van der Waals surface area contributed by atoms with Crippen molar-refractivity contribution in [1.29, 1.82) is 0 Å². The number of allylic oxidation sites excluding steroid dienone is 2. The van der Waals surface area contributed by atoms with Gasteiger partial charge in [0, 0.05) is 12.8 Å². The van der Waals surface area contributed by atoms with Crippen molar-refractivity contribution in [2.45, 2.75) is 64.7 Å². The van der Waals surface area contributed by atoms with E-state index in [1.807, 2.05) is 0 Å². The lowest BCUT2D eigenvalue weighted by molar-refractivity contribution is -0.123. The van der Waals surface area contributed by atoms with Crippen molar-refractivity contribution in [3.05, 3.63) is 11.6 Å². The Morgan fingerprint density at radius 3 is 2.95 bits per heavy atom. The van der Waals surface area contributed by atoms with E-state index in [4.69, 9.17) is 0 Å². The Hall–Kier alpha value is -0.590. The minimum atomic E-state index is 0.529. The van der Waals surface area contributed by atoms with Gasteiger partial charge in [-0.15, -0.1) is 0 Å². The van der Waals surface area contributed by atoms with Crippen LogP contribution in [0.4, 0.5) is 0 Å². The molecule has 1 nitrogen and oxygen atoms in total. The molecule has 0 aliphatic heterocycles. The summed E-state index contributed by atoms with van der Waals surface area (Å²) in [6, 6.07) is 0. The summed E-state index contributed by atoms with van der Waals surface area (Å²) in [5.41, 5.74) is 2.42. The lowest BCUT2D eigenvalue weighted by Crippen LogP contribution is -2.41. The van der Waals surface area contributed by atoms with Gasteiger partial charge in [-0.1, -0.05) is 25.0 Å². The number of hydrogen-bond donors (Lipinski definition) is 0. The van der Waals surface area contributed by atoms with Gasteiger partial charge in [0.1, 0.15) is 5.78 Å². The first-order valence-corrected chi connectivity index (χ1v) is 8.39. The molecule has 0 bridgehead atoms. The van der Waals surface area contributed by atoms with Crippen molar-refractivity contribution in [3.63, 3.8) is 0 Å². The number of hydrogen-bond acceptors (Lipinski definition) is 1. The predicted molar refractivity (Wildman–Crippen MR) is 76.7 cm³/mol. The lowest BCUT2D eigenvalue weighted by atomic mass is 9.55. The fraction of sp³-hybridized carbons (Fsp3) is 0.833. The second-order valence-corrected chi connectivity index (χ2v) is 7.89. The van der Waals surface area contributed by atoms with Crippen LogP contribution in [0, 0.1) is 29.1 Å². The number of carbonyl (C=O) groups excluding carboxylic acids is 1. The number of fused-ring (bicyclic) bond motifs is 5. The van der Waals surface area contributed by atoms with Gasteiger partial charge in [-0.25, -0.2) is 0 Å². The van der Waals surface area contributed by atoms with E-state index in [0.29, 0.717) is 17.1 Å². The summed E-state index contributed by atoms with van der Waals surface area (Å²) >= 11 is 0. The molecule has 0 heterocycles. The molecule has 1 heteroatoms. The Labute approximate surface area is 116 Å². The average Bonchev–Trinajstić information content (AvgIpc) is 2.79. The summed E-state index contributed by atoms with van der Waals surface area (Å²) in [6.45, 7) is 2.54. The monoisotopic (exact) mass is 258 g/mol. The van der Waals surface area contributed by atoms with Crippen molar-refractivity contribution < 1.29 is 4.79 Å². The van der Waals surface area contributed by atoms with Crippen LogP contribution >= 0.6 is 0 Å². The van der Waals surface area contributed by atoms with Gasteiger partial charge in [0.2, 0.25) is 0 Å². The van der Waals surface area contributed by atoms with Crippen LogP contribution in [-0.4, -0.2) is 5.78 Å². The molecule has 0 aromatic rings. The maximum atomic E-state index is 11.7. The quantitative estimate of drug-likeness (QED) is 0.584. The van der Waals surface area contributed by atoms with Crippen LogP contribution in [0.2, 0.25) is 0 Å². The third kappa shape index (κ3) is 1.76. The minimum absolute atomic E-state index is 0.529. The molecule has 3 fully saturated rings. The van der Waals surface area contributed by atoms with Gasteiger partial charge >= 0.3 is 0 Å². The fourth-order valence-corrected chi connectivity index (χ4v) is 5.95. The maximum absolute atomic E-state index is 11.7. The molecular formula is C18H26O. The van der Waals surface area contributed by atoms with Crippen molar-refractivity contribution in [3.8, 4) is 0 Å². The molecule has 0 spiro atoms. The summed E-state index contributed by atoms with van der Waals surface area (Å²) in [4.78, 5) is 11.7. The SMILES string of the molecule is C[C@]12CC=C3[C@H]4CCC(=O)CC4CC[C@H]3[C@@H]1CCC2. The molecule has 3 saturated carbocycles. The van der Waals surface area contributed by atoms with Crippen molar-refractivity contribution in [2.75, 3.05) is 0 Å². The molecule has 4 aliphatic rings. The van der Waals surface area contributed by atoms with E-state index in [1.165, 1.54) is 38.5 Å². The van der Waals surface area contributed by atoms with E-state index in [1.54, 1.807) is 5.57 Å². The standard InChI is InChI=1S/C18H26O/c1-18-9-2-3-17(18)16-6-4-12-11-13(19)5-7-14(12)15(16)8-10-18/h8,12,14,16-17H,2-7,9-11H2,1H3/t12?,14-,16+,17-,18-/m0/s1. The normalized spacial score (nSPS) is 49.1. The van der Waals surface area contributed by atoms with E-state index in [0.717, 1.165) is 37.0 Å². The molecule has 0 aromatic heterocycles. The van der Waals surface area contributed by atoms with Gasteiger partial charge in [-0.05, 0) is 67.6 Å². The second-order valence-electron chi connectivity index (χ2n) is 7.89. The first kappa shape index (κ1) is 12.2.